The van der Waals surface area contributed by atoms with Gasteiger partial charge in [0.2, 0.25) is 0 Å². The lowest BCUT2D eigenvalue weighted by atomic mass is 10.0. The van der Waals surface area contributed by atoms with Gasteiger partial charge >= 0.3 is 0 Å². The third-order valence-corrected chi connectivity index (χ3v) is 6.02. The highest BCUT2D eigenvalue weighted by atomic mass is 16.5. The number of para-hydroxylation sites is 1. The number of benzene rings is 2. The van der Waals surface area contributed by atoms with Crippen LogP contribution in [-0.4, -0.2) is 29.7 Å². The first kappa shape index (κ1) is 20.2. The summed E-state index contributed by atoms with van der Waals surface area (Å²) in [5.41, 5.74) is 9.22. The van der Waals surface area contributed by atoms with E-state index in [1.807, 2.05) is 36.4 Å². The van der Waals surface area contributed by atoms with Gasteiger partial charge < -0.3 is 19.9 Å². The van der Waals surface area contributed by atoms with Crippen LogP contribution in [0.2, 0.25) is 0 Å². The maximum absolute atomic E-state index is 12.9. The van der Waals surface area contributed by atoms with E-state index in [9.17, 15) is 9.59 Å². The van der Waals surface area contributed by atoms with Gasteiger partial charge in [0.15, 0.2) is 0 Å². The lowest BCUT2D eigenvalue weighted by molar-refractivity contribution is 0.0249. The summed E-state index contributed by atoms with van der Waals surface area (Å²) < 4.78 is 7.65. The van der Waals surface area contributed by atoms with Gasteiger partial charge in [-0.3, -0.25) is 9.59 Å². The molecule has 30 heavy (non-hydrogen) atoms. The van der Waals surface area contributed by atoms with Gasteiger partial charge in [-0.1, -0.05) is 42.5 Å². The number of aryl methyl sites for hydroxylation is 2. The number of piperidine rings is 1. The second kappa shape index (κ2) is 8.32. The molecule has 1 fully saturated rings. The first-order valence-corrected chi connectivity index (χ1v) is 10.3. The predicted octanol–water partition coefficient (Wildman–Crippen LogP) is 3.13. The molecule has 2 heterocycles. The Bertz CT molecular complexity index is 1140. The van der Waals surface area contributed by atoms with Crippen molar-refractivity contribution in [2.45, 2.75) is 32.5 Å². The maximum atomic E-state index is 12.9. The monoisotopic (exact) mass is 405 g/mol. The number of fused-ring (bicyclic) bond motifs is 1. The van der Waals surface area contributed by atoms with Crippen LogP contribution in [0.4, 0.5) is 5.69 Å². The van der Waals surface area contributed by atoms with Gasteiger partial charge in [0.25, 0.3) is 11.5 Å². The summed E-state index contributed by atoms with van der Waals surface area (Å²) in [6, 6.07) is 15.9. The van der Waals surface area contributed by atoms with E-state index in [-0.39, 0.29) is 17.2 Å². The smallest absolute Gasteiger partial charge is 0.265 e. The fourth-order valence-corrected chi connectivity index (χ4v) is 4.26. The predicted molar refractivity (Wildman–Crippen MR) is 119 cm³/mol. The van der Waals surface area contributed by atoms with Gasteiger partial charge in [-0.25, -0.2) is 0 Å². The number of carbonyl (C=O) groups is 1. The van der Waals surface area contributed by atoms with Gasteiger partial charge in [0.05, 0.1) is 23.9 Å². The Morgan fingerprint density at radius 1 is 1.10 bits per heavy atom. The van der Waals surface area contributed by atoms with Crippen molar-refractivity contribution in [1.82, 2.24) is 4.57 Å². The van der Waals surface area contributed by atoms with Crippen LogP contribution in [0.15, 0.2) is 53.3 Å². The van der Waals surface area contributed by atoms with Gasteiger partial charge in [-0.05, 0) is 37.0 Å². The van der Waals surface area contributed by atoms with Crippen LogP contribution < -0.4 is 16.2 Å². The third-order valence-electron chi connectivity index (χ3n) is 6.02. The number of nitrogens with zero attached hydrogens (tertiary/aromatic N) is 2. The zero-order valence-electron chi connectivity index (χ0n) is 17.4. The van der Waals surface area contributed by atoms with Crippen molar-refractivity contribution in [1.29, 1.82) is 0 Å². The largest absolute Gasteiger partial charge is 0.373 e. The SMILES string of the molecule is Cc1ccccc1COC1CCN(c2c(C(N)=O)c(=O)n(C)c3ccccc23)CC1. The lowest BCUT2D eigenvalue weighted by Gasteiger charge is -2.35. The number of ether oxygens (including phenoxy) is 1. The highest BCUT2D eigenvalue weighted by Crippen LogP contribution is 2.31. The summed E-state index contributed by atoms with van der Waals surface area (Å²) in [5, 5.41) is 0.868. The molecule has 0 aliphatic carbocycles. The third kappa shape index (κ3) is 3.71. The van der Waals surface area contributed by atoms with Gasteiger partial charge in [0, 0.05) is 25.5 Å². The minimum Gasteiger partial charge on any atom is -0.373 e. The summed E-state index contributed by atoms with van der Waals surface area (Å²) in [5.74, 6) is -0.686. The molecule has 3 aromatic rings. The first-order chi connectivity index (χ1) is 14.5. The number of amides is 1. The average Bonchev–Trinajstić information content (AvgIpc) is 2.76. The van der Waals surface area contributed by atoms with Gasteiger partial charge in [-0.2, -0.15) is 0 Å². The van der Waals surface area contributed by atoms with Gasteiger partial charge in [0.1, 0.15) is 5.56 Å². The van der Waals surface area contributed by atoms with Crippen LogP contribution in [0.25, 0.3) is 10.9 Å². The Kier molecular flexibility index (Phi) is 5.59. The molecule has 6 nitrogen and oxygen atoms in total. The summed E-state index contributed by atoms with van der Waals surface area (Å²) in [6.07, 6.45) is 1.80. The van der Waals surface area contributed by atoms with Crippen molar-refractivity contribution in [3.8, 4) is 0 Å². The molecule has 0 atom stereocenters. The summed E-state index contributed by atoms with van der Waals surface area (Å²) in [4.78, 5) is 27.2. The van der Waals surface area contributed by atoms with Crippen LogP contribution in [0.3, 0.4) is 0 Å². The zero-order valence-corrected chi connectivity index (χ0v) is 17.4. The second-order valence-corrected chi connectivity index (χ2v) is 7.89. The number of rotatable bonds is 5. The number of pyridine rings is 1. The molecule has 0 saturated carbocycles. The van der Waals surface area contributed by atoms with Crippen LogP contribution in [0, 0.1) is 6.92 Å². The number of carbonyl (C=O) groups excluding carboxylic acids is 1. The maximum Gasteiger partial charge on any atom is 0.265 e. The molecule has 0 spiro atoms. The van der Waals surface area contributed by atoms with E-state index in [1.54, 1.807) is 7.05 Å². The van der Waals surface area contributed by atoms with Crippen molar-refractivity contribution in [3.05, 3.63) is 75.6 Å². The first-order valence-electron chi connectivity index (χ1n) is 10.3. The summed E-state index contributed by atoms with van der Waals surface area (Å²) >= 11 is 0. The van der Waals surface area contributed by atoms with Crippen molar-refractivity contribution in [2.24, 2.45) is 12.8 Å². The second-order valence-electron chi connectivity index (χ2n) is 7.89. The van der Waals surface area contributed by atoms with E-state index in [4.69, 9.17) is 10.5 Å². The van der Waals surface area contributed by atoms with Crippen molar-refractivity contribution >= 4 is 22.5 Å². The molecule has 2 N–H and O–H groups in total. The molecule has 4 rings (SSSR count). The van der Waals surface area contributed by atoms with Crippen molar-refractivity contribution in [2.75, 3.05) is 18.0 Å². The quantitative estimate of drug-likeness (QED) is 0.707. The van der Waals surface area contributed by atoms with E-state index >= 15 is 0 Å². The number of nitrogens with two attached hydrogens (primary N) is 1. The molecule has 156 valence electrons. The minimum atomic E-state index is -0.686. The molecule has 1 aliphatic heterocycles. The number of anilines is 1. The minimum absolute atomic E-state index is 0.0653. The zero-order chi connectivity index (χ0) is 21.3. The number of hydrogen-bond donors (Lipinski definition) is 1. The highest BCUT2D eigenvalue weighted by molar-refractivity contribution is 6.06. The Morgan fingerprint density at radius 3 is 2.47 bits per heavy atom. The van der Waals surface area contributed by atoms with E-state index in [0.29, 0.717) is 25.4 Å². The standard InChI is InChI=1S/C24H27N3O3/c1-16-7-3-4-8-17(16)15-30-18-11-13-27(14-12-18)22-19-9-5-6-10-20(19)26(2)24(29)21(22)23(25)28/h3-10,18H,11-15H2,1-2H3,(H2,25,28). The molecular weight excluding hydrogens is 378 g/mol. The number of hydrogen-bond acceptors (Lipinski definition) is 4. The van der Waals surface area contributed by atoms with Crippen LogP contribution >= 0.6 is 0 Å². The van der Waals surface area contributed by atoms with E-state index < -0.39 is 5.91 Å². The Balaban J connectivity index is 1.57. The molecule has 2 aromatic carbocycles. The molecule has 1 aliphatic rings. The highest BCUT2D eigenvalue weighted by Gasteiger charge is 2.27. The summed E-state index contributed by atoms with van der Waals surface area (Å²) in [6.45, 7) is 4.10. The Morgan fingerprint density at radius 2 is 1.77 bits per heavy atom. The molecule has 1 saturated heterocycles. The molecule has 0 unspecified atom stereocenters. The van der Waals surface area contributed by atoms with Crippen LogP contribution in [0.5, 0.6) is 0 Å². The summed E-state index contributed by atoms with van der Waals surface area (Å²) in [7, 11) is 1.67. The lowest BCUT2D eigenvalue weighted by Crippen LogP contribution is -2.40. The Hall–Kier alpha value is -3.12. The molecule has 0 radical (unpaired) electrons. The topological polar surface area (TPSA) is 77.6 Å². The average molecular weight is 405 g/mol. The van der Waals surface area contributed by atoms with Crippen molar-refractivity contribution < 1.29 is 9.53 Å². The molecular formula is C24H27N3O3. The fourth-order valence-electron chi connectivity index (χ4n) is 4.26. The molecule has 1 amide bonds. The van der Waals surface area contributed by atoms with Gasteiger partial charge in [-0.15, -0.1) is 0 Å². The molecule has 0 bridgehead atoms. The fraction of sp³-hybridized carbons (Fsp3) is 0.333. The van der Waals surface area contributed by atoms with E-state index in [2.05, 4.69) is 24.0 Å². The van der Waals surface area contributed by atoms with Crippen LogP contribution in [-0.2, 0) is 18.4 Å². The van der Waals surface area contributed by atoms with Crippen LogP contribution in [0.1, 0.15) is 34.3 Å². The molecule has 1 aromatic heterocycles. The van der Waals surface area contributed by atoms with Crippen molar-refractivity contribution in [3.63, 3.8) is 0 Å². The Labute approximate surface area is 175 Å². The number of primary amides is 1. The number of aromatic nitrogens is 1. The van der Waals surface area contributed by atoms with E-state index in [0.717, 1.165) is 23.7 Å². The van der Waals surface area contributed by atoms with E-state index in [1.165, 1.54) is 15.7 Å². The molecule has 6 heteroatoms. The normalized spacial score (nSPS) is 14.9.